The first-order chi connectivity index (χ1) is 18.6. The quantitative estimate of drug-likeness (QED) is 0.215. The smallest absolute Gasteiger partial charge is 0.197 e. The predicted molar refractivity (Wildman–Crippen MR) is 142 cm³/mol. The third-order valence-electron chi connectivity index (χ3n) is 7.07. The van der Waals surface area contributed by atoms with Crippen molar-refractivity contribution in [2.24, 2.45) is 0 Å². The standard InChI is InChI=1S/C28H34N4O6/c1-36-20-10-11-24-22(14-20)28(35)21-8-4-5-9-23(21)32(24)13-7-3-2-6-12-31-16-19(29-30-31)18-37-27-15-25(34)26(17-33)38-27/h4-5,8-11,14,16,25-27,33-34H,2-3,6-7,12-13,15,17-18H2,1H3/t25-,26+,27+/m0/s1. The highest BCUT2D eigenvalue weighted by atomic mass is 16.7. The number of rotatable bonds is 12. The van der Waals surface area contributed by atoms with Crippen molar-refractivity contribution in [2.45, 2.75) is 70.3 Å². The Kier molecular flexibility index (Phi) is 8.33. The molecule has 202 valence electrons. The number of aromatic nitrogens is 4. The van der Waals surface area contributed by atoms with Crippen molar-refractivity contribution >= 4 is 21.8 Å². The van der Waals surface area contributed by atoms with E-state index in [9.17, 15) is 9.90 Å². The number of para-hydroxylation sites is 1. The van der Waals surface area contributed by atoms with Crippen LogP contribution in [-0.4, -0.2) is 62.0 Å². The third-order valence-corrected chi connectivity index (χ3v) is 7.07. The third kappa shape index (κ3) is 5.73. The van der Waals surface area contributed by atoms with E-state index in [4.69, 9.17) is 19.3 Å². The monoisotopic (exact) mass is 522 g/mol. The molecule has 2 aromatic carbocycles. The van der Waals surface area contributed by atoms with Crippen molar-refractivity contribution in [1.82, 2.24) is 19.6 Å². The second-order valence-corrected chi connectivity index (χ2v) is 9.67. The Morgan fingerprint density at radius 1 is 1.05 bits per heavy atom. The highest BCUT2D eigenvalue weighted by Crippen LogP contribution is 2.24. The molecule has 10 nitrogen and oxygen atoms in total. The summed E-state index contributed by atoms with van der Waals surface area (Å²) < 4.78 is 20.5. The first kappa shape index (κ1) is 26.3. The van der Waals surface area contributed by atoms with Crippen LogP contribution in [0.1, 0.15) is 37.8 Å². The molecule has 38 heavy (non-hydrogen) atoms. The largest absolute Gasteiger partial charge is 0.497 e. The number of fused-ring (bicyclic) bond motifs is 2. The molecule has 0 aliphatic carbocycles. The fraction of sp³-hybridized carbons (Fsp3) is 0.464. The molecule has 2 aromatic heterocycles. The van der Waals surface area contributed by atoms with E-state index in [1.807, 2.05) is 53.3 Å². The molecule has 0 amide bonds. The molecule has 0 radical (unpaired) electrons. The molecule has 1 aliphatic heterocycles. The lowest BCUT2D eigenvalue weighted by molar-refractivity contribution is -0.150. The number of ether oxygens (including phenoxy) is 3. The minimum Gasteiger partial charge on any atom is -0.497 e. The number of hydrogen-bond donors (Lipinski definition) is 2. The molecule has 2 N–H and O–H groups in total. The van der Waals surface area contributed by atoms with Crippen LogP contribution in [0.4, 0.5) is 0 Å². The average molecular weight is 523 g/mol. The van der Waals surface area contributed by atoms with Gasteiger partial charge in [0.15, 0.2) is 11.7 Å². The van der Waals surface area contributed by atoms with E-state index < -0.39 is 18.5 Å². The number of unbranched alkanes of at least 4 members (excludes halogenated alkanes) is 3. The van der Waals surface area contributed by atoms with Crippen LogP contribution < -0.4 is 10.2 Å². The van der Waals surface area contributed by atoms with Crippen LogP contribution in [0.5, 0.6) is 5.75 Å². The van der Waals surface area contributed by atoms with Gasteiger partial charge in [-0.2, -0.15) is 0 Å². The van der Waals surface area contributed by atoms with E-state index in [0.29, 0.717) is 23.3 Å². The van der Waals surface area contributed by atoms with Gasteiger partial charge < -0.3 is 29.0 Å². The molecule has 1 saturated heterocycles. The molecule has 0 saturated carbocycles. The summed E-state index contributed by atoms with van der Waals surface area (Å²) in [5, 5.41) is 28.7. The van der Waals surface area contributed by atoms with Crippen LogP contribution in [0.15, 0.2) is 53.5 Å². The van der Waals surface area contributed by atoms with E-state index in [0.717, 1.165) is 55.2 Å². The normalized spacial score (nSPS) is 19.5. The van der Waals surface area contributed by atoms with Gasteiger partial charge in [0.2, 0.25) is 0 Å². The first-order valence-corrected chi connectivity index (χ1v) is 13.1. The van der Waals surface area contributed by atoms with Crippen LogP contribution >= 0.6 is 0 Å². The van der Waals surface area contributed by atoms with Gasteiger partial charge in [-0.1, -0.05) is 30.2 Å². The van der Waals surface area contributed by atoms with Gasteiger partial charge in [0.05, 0.1) is 43.7 Å². The van der Waals surface area contributed by atoms with Crippen molar-refractivity contribution in [3.8, 4) is 5.75 Å². The van der Waals surface area contributed by atoms with Gasteiger partial charge in [0.25, 0.3) is 0 Å². The summed E-state index contributed by atoms with van der Waals surface area (Å²) in [6.07, 6.45) is 4.40. The SMILES string of the molecule is COc1ccc2c(c1)c(=O)c1ccccc1n2CCCCCCn1cc(CO[C@H]2C[C@H](O)[C@@H](CO)O2)nn1. The second-order valence-electron chi connectivity index (χ2n) is 9.67. The first-order valence-electron chi connectivity index (χ1n) is 13.1. The summed E-state index contributed by atoms with van der Waals surface area (Å²) in [6.45, 7) is 1.60. The van der Waals surface area contributed by atoms with Crippen LogP contribution in [0, 0.1) is 0 Å². The lowest BCUT2D eigenvalue weighted by Gasteiger charge is -2.16. The maximum atomic E-state index is 13.1. The van der Waals surface area contributed by atoms with Crippen molar-refractivity contribution in [3.63, 3.8) is 0 Å². The maximum Gasteiger partial charge on any atom is 0.197 e. The van der Waals surface area contributed by atoms with E-state index >= 15 is 0 Å². The summed E-state index contributed by atoms with van der Waals surface area (Å²) in [7, 11) is 1.61. The molecular weight excluding hydrogens is 488 g/mol. The average Bonchev–Trinajstić information content (AvgIpc) is 3.56. The molecule has 3 heterocycles. The maximum absolute atomic E-state index is 13.1. The van der Waals surface area contributed by atoms with E-state index in [1.165, 1.54) is 0 Å². The van der Waals surface area contributed by atoms with E-state index in [-0.39, 0.29) is 18.6 Å². The topological polar surface area (TPSA) is 121 Å². The second kappa shape index (κ2) is 12.0. The van der Waals surface area contributed by atoms with Crippen LogP contribution in [-0.2, 0) is 29.2 Å². The van der Waals surface area contributed by atoms with Gasteiger partial charge in [-0.05, 0) is 43.2 Å². The molecule has 0 spiro atoms. The van der Waals surface area contributed by atoms with Crippen LogP contribution in [0.3, 0.4) is 0 Å². The number of benzene rings is 2. The molecular formula is C28H34N4O6. The molecule has 1 aliphatic rings. The number of methoxy groups -OCH3 is 1. The molecule has 3 atom stereocenters. The molecule has 4 aromatic rings. The van der Waals surface area contributed by atoms with Crippen molar-refractivity contribution in [1.29, 1.82) is 0 Å². The van der Waals surface area contributed by atoms with Crippen molar-refractivity contribution in [2.75, 3.05) is 13.7 Å². The summed E-state index contributed by atoms with van der Waals surface area (Å²) in [5.74, 6) is 0.681. The fourth-order valence-corrected chi connectivity index (χ4v) is 5.03. The minimum absolute atomic E-state index is 0.0334. The number of hydrogen-bond acceptors (Lipinski definition) is 8. The summed E-state index contributed by atoms with van der Waals surface area (Å²) in [4.78, 5) is 13.1. The Morgan fingerprint density at radius 3 is 2.63 bits per heavy atom. The number of pyridine rings is 1. The Labute approximate surface area is 220 Å². The van der Waals surface area contributed by atoms with Crippen molar-refractivity contribution in [3.05, 3.63) is 64.6 Å². The Morgan fingerprint density at radius 2 is 1.84 bits per heavy atom. The van der Waals surface area contributed by atoms with Gasteiger partial charge >= 0.3 is 0 Å². The zero-order valence-electron chi connectivity index (χ0n) is 21.5. The lowest BCUT2D eigenvalue weighted by Crippen LogP contribution is -2.24. The predicted octanol–water partition coefficient (Wildman–Crippen LogP) is 3.00. The van der Waals surface area contributed by atoms with Crippen LogP contribution in [0.25, 0.3) is 21.8 Å². The highest BCUT2D eigenvalue weighted by molar-refractivity contribution is 5.94. The Hall–Kier alpha value is -3.31. The summed E-state index contributed by atoms with van der Waals surface area (Å²) >= 11 is 0. The van der Waals surface area contributed by atoms with E-state index in [2.05, 4.69) is 14.9 Å². The lowest BCUT2D eigenvalue weighted by atomic mass is 10.1. The van der Waals surface area contributed by atoms with E-state index in [1.54, 1.807) is 7.11 Å². The molecule has 5 rings (SSSR count). The number of nitrogens with zero attached hydrogens (tertiary/aromatic N) is 4. The molecule has 1 fully saturated rings. The highest BCUT2D eigenvalue weighted by Gasteiger charge is 2.34. The van der Waals surface area contributed by atoms with Crippen LogP contribution in [0.2, 0.25) is 0 Å². The van der Waals surface area contributed by atoms with Gasteiger partial charge in [-0.15, -0.1) is 5.10 Å². The molecule has 0 bridgehead atoms. The zero-order valence-corrected chi connectivity index (χ0v) is 21.5. The van der Waals surface area contributed by atoms with Crippen molar-refractivity contribution < 1.29 is 24.4 Å². The summed E-state index contributed by atoms with van der Waals surface area (Å²) in [6, 6.07) is 13.5. The minimum atomic E-state index is -0.717. The number of aryl methyl sites for hydroxylation is 2. The van der Waals surface area contributed by atoms with Gasteiger partial charge in [-0.25, -0.2) is 0 Å². The summed E-state index contributed by atoms with van der Waals surface area (Å²) in [5.41, 5.74) is 2.61. The zero-order chi connectivity index (χ0) is 26.5. The van der Waals surface area contributed by atoms with Gasteiger partial charge in [0.1, 0.15) is 17.5 Å². The Balaban J connectivity index is 1.11. The fourth-order valence-electron chi connectivity index (χ4n) is 5.03. The van der Waals surface area contributed by atoms with Gasteiger partial charge in [0, 0.05) is 30.3 Å². The van der Waals surface area contributed by atoms with Gasteiger partial charge in [-0.3, -0.25) is 9.48 Å². The number of aliphatic hydroxyl groups excluding tert-OH is 2. The number of aliphatic hydroxyl groups is 2. The Bertz CT molecular complexity index is 1430. The molecule has 0 unspecified atom stereocenters. The molecule has 10 heteroatoms.